The van der Waals surface area contributed by atoms with Crippen LogP contribution in [0.1, 0.15) is 15.2 Å². The van der Waals surface area contributed by atoms with Crippen molar-refractivity contribution < 1.29 is 9.59 Å². The maximum atomic E-state index is 12.0. The molecular weight excluding hydrogens is 330 g/mol. The second kappa shape index (κ2) is 7.43. The third-order valence-corrected chi connectivity index (χ3v) is 5.15. The van der Waals surface area contributed by atoms with Crippen LogP contribution in [0.25, 0.3) is 0 Å². The number of amides is 2. The van der Waals surface area contributed by atoms with E-state index in [0.29, 0.717) is 22.3 Å². The highest BCUT2D eigenvalue weighted by molar-refractivity contribution is 8.15. The maximum Gasteiger partial charge on any atom is 0.281 e. The largest absolute Gasteiger partial charge is 0.289 e. The molecule has 2 heterocycles. The number of rotatable bonds is 5. The summed E-state index contributed by atoms with van der Waals surface area (Å²) in [5.74, 6) is 0.133. The van der Waals surface area contributed by atoms with Crippen LogP contribution in [0.3, 0.4) is 0 Å². The Labute approximate surface area is 142 Å². The quantitative estimate of drug-likeness (QED) is 0.847. The summed E-state index contributed by atoms with van der Waals surface area (Å²) >= 11 is 2.70. The van der Waals surface area contributed by atoms with Crippen molar-refractivity contribution in [1.82, 2.24) is 10.3 Å². The van der Waals surface area contributed by atoms with E-state index in [2.05, 4.69) is 10.5 Å². The summed E-state index contributed by atoms with van der Waals surface area (Å²) in [6.45, 7) is 0.559. The van der Waals surface area contributed by atoms with E-state index in [0.717, 1.165) is 6.42 Å². The molecule has 23 heavy (non-hydrogen) atoms. The number of hydrazone groups is 1. The molecule has 0 radical (unpaired) electrons. The zero-order valence-electron chi connectivity index (χ0n) is 12.3. The Morgan fingerprint density at radius 3 is 2.78 bits per heavy atom. The van der Waals surface area contributed by atoms with E-state index in [-0.39, 0.29) is 11.8 Å². The molecule has 1 N–H and O–H groups in total. The highest BCUT2D eigenvalue weighted by Crippen LogP contribution is 2.19. The van der Waals surface area contributed by atoms with Crippen LogP contribution in [0, 0.1) is 0 Å². The molecule has 0 saturated carbocycles. The minimum Gasteiger partial charge on any atom is -0.289 e. The minimum atomic E-state index is -0.254. The summed E-state index contributed by atoms with van der Waals surface area (Å²) in [5.41, 5.74) is 3.69. The van der Waals surface area contributed by atoms with Gasteiger partial charge in [0.25, 0.3) is 5.91 Å². The van der Waals surface area contributed by atoms with E-state index in [9.17, 15) is 9.59 Å². The summed E-state index contributed by atoms with van der Waals surface area (Å²) in [4.78, 5) is 26.1. The van der Waals surface area contributed by atoms with E-state index >= 15 is 0 Å². The molecule has 1 aliphatic rings. The highest BCUT2D eigenvalue weighted by Gasteiger charge is 2.28. The fraction of sp³-hybridized carbons (Fsp3) is 0.188. The van der Waals surface area contributed by atoms with Crippen molar-refractivity contribution in [3.63, 3.8) is 0 Å². The van der Waals surface area contributed by atoms with Crippen LogP contribution in [0.5, 0.6) is 0 Å². The summed E-state index contributed by atoms with van der Waals surface area (Å²) in [7, 11) is 0. The Morgan fingerprint density at radius 2 is 2.04 bits per heavy atom. The first-order valence-electron chi connectivity index (χ1n) is 7.12. The molecule has 3 rings (SSSR count). The fourth-order valence-corrected chi connectivity index (χ4v) is 3.63. The molecule has 7 heteroatoms. The fourth-order valence-electron chi connectivity index (χ4n) is 2.15. The average Bonchev–Trinajstić information content (AvgIpc) is 3.22. The van der Waals surface area contributed by atoms with Gasteiger partial charge in [-0.3, -0.25) is 14.5 Å². The minimum absolute atomic E-state index is 0.0232. The van der Waals surface area contributed by atoms with Gasteiger partial charge in [0, 0.05) is 6.54 Å². The van der Waals surface area contributed by atoms with Crippen molar-refractivity contribution >= 4 is 40.1 Å². The van der Waals surface area contributed by atoms with Crippen molar-refractivity contribution in [2.75, 3.05) is 12.3 Å². The lowest BCUT2D eigenvalue weighted by Gasteiger charge is -2.15. The lowest BCUT2D eigenvalue weighted by Crippen LogP contribution is -2.33. The van der Waals surface area contributed by atoms with Crippen molar-refractivity contribution in [2.24, 2.45) is 5.10 Å². The number of nitrogens with zero attached hydrogens (tertiary/aromatic N) is 2. The van der Waals surface area contributed by atoms with E-state index in [1.807, 2.05) is 41.8 Å². The molecule has 5 nitrogen and oxygen atoms in total. The Balaban J connectivity index is 1.62. The van der Waals surface area contributed by atoms with Gasteiger partial charge < -0.3 is 0 Å². The number of carbonyl (C=O) groups excluding carboxylic acids is 2. The van der Waals surface area contributed by atoms with Gasteiger partial charge in [0.2, 0.25) is 5.91 Å². The molecule has 1 aromatic heterocycles. The van der Waals surface area contributed by atoms with Crippen LogP contribution in [0.2, 0.25) is 0 Å². The maximum absolute atomic E-state index is 12.0. The van der Waals surface area contributed by atoms with Crippen LogP contribution in [-0.4, -0.2) is 34.2 Å². The molecule has 118 valence electrons. The summed E-state index contributed by atoms with van der Waals surface area (Å²) in [6, 6.07) is 13.5. The smallest absolute Gasteiger partial charge is 0.281 e. The van der Waals surface area contributed by atoms with Crippen LogP contribution < -0.4 is 5.43 Å². The topological polar surface area (TPSA) is 61.8 Å². The van der Waals surface area contributed by atoms with Crippen LogP contribution in [0.4, 0.5) is 0 Å². The zero-order chi connectivity index (χ0) is 16.1. The number of hydrogen-bond acceptors (Lipinski definition) is 5. The lowest BCUT2D eigenvalue weighted by molar-refractivity contribution is -0.124. The van der Waals surface area contributed by atoms with Crippen molar-refractivity contribution in [2.45, 2.75) is 6.42 Å². The SMILES string of the molecule is O=C(N/N=C1\SCC(=O)N1CCc1ccccc1)c1cccs1. The first-order chi connectivity index (χ1) is 11.2. The van der Waals surface area contributed by atoms with Gasteiger partial charge in [-0.05, 0) is 23.4 Å². The molecule has 1 aromatic carbocycles. The van der Waals surface area contributed by atoms with Crippen LogP contribution in [0.15, 0.2) is 52.9 Å². The summed E-state index contributed by atoms with van der Waals surface area (Å²) in [5, 5.41) is 6.50. The molecule has 1 aliphatic heterocycles. The van der Waals surface area contributed by atoms with E-state index in [1.165, 1.54) is 28.7 Å². The van der Waals surface area contributed by atoms with Crippen LogP contribution >= 0.6 is 23.1 Å². The molecular formula is C16H15N3O2S2. The zero-order valence-corrected chi connectivity index (χ0v) is 13.9. The second-order valence-corrected chi connectivity index (χ2v) is 6.77. The van der Waals surface area contributed by atoms with Gasteiger partial charge in [-0.25, -0.2) is 5.43 Å². The van der Waals surface area contributed by atoms with Crippen molar-refractivity contribution in [3.8, 4) is 0 Å². The van der Waals surface area contributed by atoms with E-state index in [4.69, 9.17) is 0 Å². The first-order valence-corrected chi connectivity index (χ1v) is 8.99. The third-order valence-electron chi connectivity index (χ3n) is 3.32. The average molecular weight is 345 g/mol. The van der Waals surface area contributed by atoms with Crippen molar-refractivity contribution in [3.05, 3.63) is 58.3 Å². The van der Waals surface area contributed by atoms with Crippen LogP contribution in [-0.2, 0) is 11.2 Å². The number of thiophene rings is 1. The van der Waals surface area contributed by atoms with Gasteiger partial charge in [0.15, 0.2) is 5.17 Å². The molecule has 0 unspecified atom stereocenters. The van der Waals surface area contributed by atoms with Crippen molar-refractivity contribution in [1.29, 1.82) is 0 Å². The number of amidine groups is 1. The predicted octanol–water partition coefficient (Wildman–Crippen LogP) is 2.57. The van der Waals surface area contributed by atoms with Gasteiger partial charge in [-0.1, -0.05) is 48.2 Å². The summed E-state index contributed by atoms with van der Waals surface area (Å²) < 4.78 is 0. The summed E-state index contributed by atoms with van der Waals surface area (Å²) in [6.07, 6.45) is 0.755. The Bertz CT molecular complexity index is 714. The number of thioether (sulfide) groups is 1. The third kappa shape index (κ3) is 4.00. The monoisotopic (exact) mass is 345 g/mol. The van der Waals surface area contributed by atoms with E-state index < -0.39 is 0 Å². The Hall–Kier alpha value is -2.12. The molecule has 0 bridgehead atoms. The molecule has 2 aromatic rings. The number of benzene rings is 1. The second-order valence-electron chi connectivity index (χ2n) is 4.88. The van der Waals surface area contributed by atoms with Gasteiger partial charge in [-0.15, -0.1) is 16.4 Å². The first kappa shape index (κ1) is 15.8. The molecule has 0 aliphatic carbocycles. The molecule has 0 atom stereocenters. The van der Waals surface area contributed by atoms with Gasteiger partial charge in [0.1, 0.15) is 0 Å². The number of hydrogen-bond donors (Lipinski definition) is 1. The standard InChI is InChI=1S/C16H15N3O2S2/c20-14-11-23-16(18-17-15(21)13-7-4-10-22-13)19(14)9-8-12-5-2-1-3-6-12/h1-7,10H,8-9,11H2,(H,17,21)/b18-16-. The molecule has 1 fully saturated rings. The molecule has 2 amide bonds. The number of carbonyl (C=O) groups is 2. The Morgan fingerprint density at radius 1 is 1.22 bits per heavy atom. The Kier molecular flexibility index (Phi) is 5.09. The lowest BCUT2D eigenvalue weighted by atomic mass is 10.1. The molecule has 0 spiro atoms. The predicted molar refractivity (Wildman–Crippen MR) is 93.5 cm³/mol. The number of nitrogens with one attached hydrogen (secondary N) is 1. The highest BCUT2D eigenvalue weighted by atomic mass is 32.2. The normalized spacial score (nSPS) is 16.1. The van der Waals surface area contributed by atoms with Gasteiger partial charge in [-0.2, -0.15) is 0 Å². The van der Waals surface area contributed by atoms with Gasteiger partial charge >= 0.3 is 0 Å². The van der Waals surface area contributed by atoms with Gasteiger partial charge in [0.05, 0.1) is 10.6 Å². The van der Waals surface area contributed by atoms with E-state index in [1.54, 1.807) is 11.0 Å². The molecule has 1 saturated heterocycles.